The second-order valence-corrected chi connectivity index (χ2v) is 6.77. The average Bonchev–Trinajstić information content (AvgIpc) is 3.29. The molecule has 7 heteroatoms. The lowest BCUT2D eigenvalue weighted by Gasteiger charge is -2.05. The van der Waals surface area contributed by atoms with Gasteiger partial charge in [-0.3, -0.25) is 14.2 Å². The van der Waals surface area contributed by atoms with Gasteiger partial charge in [0.15, 0.2) is 10.7 Å². The van der Waals surface area contributed by atoms with Gasteiger partial charge in [0.05, 0.1) is 12.2 Å². The minimum atomic E-state index is -0.166. The zero-order chi connectivity index (χ0) is 15.6. The number of hydrogen-bond acceptors (Lipinski definition) is 5. The van der Waals surface area contributed by atoms with E-state index in [9.17, 15) is 4.79 Å². The first kappa shape index (κ1) is 14.1. The molecule has 4 aromatic heterocycles. The SMILES string of the molecule is O=C(NCc1cccs1)c1nc2sccn2c1-c1ccncc1. The number of thiazole rings is 1. The molecule has 0 bridgehead atoms. The number of imidazole rings is 1. The van der Waals surface area contributed by atoms with Crippen LogP contribution in [0.2, 0.25) is 0 Å². The third-order valence-corrected chi connectivity index (χ3v) is 5.07. The Morgan fingerprint density at radius 1 is 1.17 bits per heavy atom. The zero-order valence-electron chi connectivity index (χ0n) is 12.0. The van der Waals surface area contributed by atoms with Crippen LogP contribution in [-0.4, -0.2) is 20.3 Å². The van der Waals surface area contributed by atoms with E-state index in [1.807, 2.05) is 45.6 Å². The normalized spacial score (nSPS) is 11.0. The highest BCUT2D eigenvalue weighted by molar-refractivity contribution is 7.15. The number of carbonyl (C=O) groups is 1. The number of fused-ring (bicyclic) bond motifs is 1. The first-order chi connectivity index (χ1) is 11.3. The lowest BCUT2D eigenvalue weighted by molar-refractivity contribution is 0.0947. The van der Waals surface area contributed by atoms with Gasteiger partial charge in [0.25, 0.3) is 5.91 Å². The molecule has 0 unspecified atom stereocenters. The van der Waals surface area contributed by atoms with E-state index in [-0.39, 0.29) is 5.91 Å². The molecule has 0 saturated heterocycles. The molecule has 1 amide bonds. The minimum Gasteiger partial charge on any atom is -0.346 e. The summed E-state index contributed by atoms with van der Waals surface area (Å²) in [5.74, 6) is -0.166. The fourth-order valence-corrected chi connectivity index (χ4v) is 3.75. The van der Waals surface area contributed by atoms with E-state index in [0.29, 0.717) is 12.2 Å². The summed E-state index contributed by atoms with van der Waals surface area (Å²) in [6.07, 6.45) is 5.36. The first-order valence-corrected chi connectivity index (χ1v) is 8.75. The van der Waals surface area contributed by atoms with Crippen LogP contribution in [0.4, 0.5) is 0 Å². The van der Waals surface area contributed by atoms with Crippen molar-refractivity contribution in [1.29, 1.82) is 0 Å². The number of carbonyl (C=O) groups excluding carboxylic acids is 1. The zero-order valence-corrected chi connectivity index (χ0v) is 13.6. The Labute approximate surface area is 140 Å². The predicted octanol–water partition coefficient (Wildman–Crippen LogP) is 3.45. The van der Waals surface area contributed by atoms with Gasteiger partial charge in [-0.1, -0.05) is 6.07 Å². The molecule has 0 radical (unpaired) electrons. The summed E-state index contributed by atoms with van der Waals surface area (Å²) < 4.78 is 1.94. The number of thiophene rings is 1. The number of nitrogens with zero attached hydrogens (tertiary/aromatic N) is 3. The van der Waals surface area contributed by atoms with Gasteiger partial charge in [-0.2, -0.15) is 0 Å². The van der Waals surface area contributed by atoms with Crippen LogP contribution in [0.3, 0.4) is 0 Å². The van der Waals surface area contributed by atoms with Crippen molar-refractivity contribution in [3.05, 3.63) is 64.2 Å². The van der Waals surface area contributed by atoms with Crippen LogP contribution in [0, 0.1) is 0 Å². The van der Waals surface area contributed by atoms with Crippen LogP contribution in [-0.2, 0) is 6.54 Å². The van der Waals surface area contributed by atoms with E-state index in [2.05, 4.69) is 15.3 Å². The van der Waals surface area contributed by atoms with E-state index < -0.39 is 0 Å². The van der Waals surface area contributed by atoms with Gasteiger partial charge in [-0.25, -0.2) is 4.98 Å². The molecule has 0 atom stereocenters. The second kappa shape index (κ2) is 5.94. The molecule has 0 aliphatic heterocycles. The molecule has 4 aromatic rings. The number of nitrogens with one attached hydrogen (secondary N) is 1. The van der Waals surface area contributed by atoms with Crippen LogP contribution in [0.15, 0.2) is 53.6 Å². The van der Waals surface area contributed by atoms with Crippen molar-refractivity contribution in [3.63, 3.8) is 0 Å². The predicted molar refractivity (Wildman–Crippen MR) is 91.8 cm³/mol. The fraction of sp³-hybridized carbons (Fsp3) is 0.0625. The Morgan fingerprint density at radius 2 is 2.04 bits per heavy atom. The maximum Gasteiger partial charge on any atom is 0.272 e. The van der Waals surface area contributed by atoms with Gasteiger partial charge in [0.2, 0.25) is 0 Å². The molecule has 0 fully saturated rings. The topological polar surface area (TPSA) is 59.3 Å². The quantitative estimate of drug-likeness (QED) is 0.619. The molecule has 0 aliphatic rings. The van der Waals surface area contributed by atoms with Crippen molar-refractivity contribution in [3.8, 4) is 11.3 Å². The van der Waals surface area contributed by atoms with Gasteiger partial charge >= 0.3 is 0 Å². The fourth-order valence-electron chi connectivity index (χ4n) is 2.39. The summed E-state index contributed by atoms with van der Waals surface area (Å²) in [6.45, 7) is 0.511. The molecular formula is C16H12N4OS2. The Kier molecular flexibility index (Phi) is 3.64. The third kappa shape index (κ3) is 2.64. The third-order valence-electron chi connectivity index (χ3n) is 3.43. The van der Waals surface area contributed by atoms with Crippen molar-refractivity contribution >= 4 is 33.5 Å². The number of pyridine rings is 1. The largest absolute Gasteiger partial charge is 0.346 e. The van der Waals surface area contributed by atoms with E-state index in [0.717, 1.165) is 21.1 Å². The average molecular weight is 340 g/mol. The van der Waals surface area contributed by atoms with E-state index in [1.165, 1.54) is 11.3 Å². The maximum absolute atomic E-state index is 12.6. The molecule has 0 saturated carbocycles. The van der Waals surface area contributed by atoms with Gasteiger partial charge < -0.3 is 5.32 Å². The highest BCUT2D eigenvalue weighted by atomic mass is 32.1. The molecule has 1 N–H and O–H groups in total. The lowest BCUT2D eigenvalue weighted by Crippen LogP contribution is -2.23. The molecule has 0 aliphatic carbocycles. The number of rotatable bonds is 4. The molecular weight excluding hydrogens is 328 g/mol. The van der Waals surface area contributed by atoms with Crippen LogP contribution < -0.4 is 5.32 Å². The summed E-state index contributed by atoms with van der Waals surface area (Å²) in [4.78, 5) is 23.1. The van der Waals surface area contributed by atoms with Crippen LogP contribution in [0.25, 0.3) is 16.2 Å². The molecule has 4 heterocycles. The van der Waals surface area contributed by atoms with Crippen LogP contribution in [0.5, 0.6) is 0 Å². The summed E-state index contributed by atoms with van der Waals surface area (Å²) in [6, 6.07) is 7.75. The second-order valence-electron chi connectivity index (χ2n) is 4.86. The first-order valence-electron chi connectivity index (χ1n) is 6.99. The molecule has 0 spiro atoms. The van der Waals surface area contributed by atoms with Crippen molar-refractivity contribution in [2.24, 2.45) is 0 Å². The molecule has 4 rings (SSSR count). The van der Waals surface area contributed by atoms with Gasteiger partial charge in [-0.05, 0) is 23.6 Å². The lowest BCUT2D eigenvalue weighted by atomic mass is 10.1. The number of hydrogen-bond donors (Lipinski definition) is 1. The van der Waals surface area contributed by atoms with Crippen LogP contribution in [0.1, 0.15) is 15.4 Å². The van der Waals surface area contributed by atoms with Gasteiger partial charge in [0.1, 0.15) is 0 Å². The van der Waals surface area contributed by atoms with Crippen LogP contribution >= 0.6 is 22.7 Å². The van der Waals surface area contributed by atoms with E-state index in [1.54, 1.807) is 23.7 Å². The summed E-state index contributed by atoms with van der Waals surface area (Å²) in [5.41, 5.74) is 2.17. The van der Waals surface area contributed by atoms with Crippen molar-refractivity contribution < 1.29 is 4.79 Å². The van der Waals surface area contributed by atoms with Crippen molar-refractivity contribution in [1.82, 2.24) is 19.7 Å². The Balaban J connectivity index is 1.71. The summed E-state index contributed by atoms with van der Waals surface area (Å²) in [7, 11) is 0. The van der Waals surface area contributed by atoms with Gasteiger partial charge in [0, 0.05) is 34.4 Å². The number of amides is 1. The highest BCUT2D eigenvalue weighted by Crippen LogP contribution is 2.27. The van der Waals surface area contributed by atoms with Crippen molar-refractivity contribution in [2.45, 2.75) is 6.54 Å². The molecule has 5 nitrogen and oxygen atoms in total. The Morgan fingerprint density at radius 3 is 2.83 bits per heavy atom. The van der Waals surface area contributed by atoms with E-state index in [4.69, 9.17) is 0 Å². The standard InChI is InChI=1S/C16H12N4OS2/c21-15(18-10-12-2-1-8-22-12)13-14(11-3-5-17-6-4-11)20-7-9-23-16(20)19-13/h1-9H,10H2,(H,18,21). The highest BCUT2D eigenvalue weighted by Gasteiger charge is 2.20. The Hall–Kier alpha value is -2.51. The van der Waals surface area contributed by atoms with Crippen molar-refractivity contribution in [2.75, 3.05) is 0 Å². The Bertz CT molecular complexity index is 941. The molecule has 23 heavy (non-hydrogen) atoms. The molecule has 114 valence electrons. The van der Waals surface area contributed by atoms with E-state index >= 15 is 0 Å². The monoisotopic (exact) mass is 340 g/mol. The maximum atomic E-state index is 12.6. The summed E-state index contributed by atoms with van der Waals surface area (Å²) in [5, 5.41) is 6.90. The number of aromatic nitrogens is 3. The van der Waals surface area contributed by atoms with Gasteiger partial charge in [-0.15, -0.1) is 22.7 Å². The smallest absolute Gasteiger partial charge is 0.272 e. The molecule has 0 aromatic carbocycles. The summed E-state index contributed by atoms with van der Waals surface area (Å²) >= 11 is 3.13. The minimum absolute atomic E-state index is 0.166.